The lowest BCUT2D eigenvalue weighted by Gasteiger charge is -2.43. The minimum Gasteiger partial charge on any atom is -0.462 e. The van der Waals surface area contributed by atoms with Gasteiger partial charge in [0.15, 0.2) is 5.75 Å². The van der Waals surface area contributed by atoms with Crippen LogP contribution >= 0.6 is 0 Å². The van der Waals surface area contributed by atoms with Crippen LogP contribution in [0.3, 0.4) is 0 Å². The van der Waals surface area contributed by atoms with E-state index in [4.69, 9.17) is 14.7 Å². The molecule has 0 radical (unpaired) electrons. The summed E-state index contributed by atoms with van der Waals surface area (Å²) in [5.74, 6) is 0.435. The topological polar surface area (TPSA) is 101 Å². The van der Waals surface area contributed by atoms with Crippen molar-refractivity contribution in [2.75, 3.05) is 56.2 Å². The van der Waals surface area contributed by atoms with Gasteiger partial charge in [-0.2, -0.15) is 15.2 Å². The van der Waals surface area contributed by atoms with Crippen molar-refractivity contribution in [1.82, 2.24) is 19.8 Å². The molecule has 2 fully saturated rings. The van der Waals surface area contributed by atoms with Crippen LogP contribution in [0, 0.1) is 11.3 Å². The second kappa shape index (κ2) is 12.7. The number of aliphatic hydroxyl groups excluding tert-OH is 1. The maximum absolute atomic E-state index is 13.1. The molecule has 4 heterocycles. The Hall–Kier alpha value is -3.60. The van der Waals surface area contributed by atoms with Crippen molar-refractivity contribution < 1.29 is 27.8 Å². The van der Waals surface area contributed by atoms with Crippen LogP contribution in [0.2, 0.25) is 0 Å². The number of anilines is 2. The average molecular weight is 588 g/mol. The first-order valence-corrected chi connectivity index (χ1v) is 14.2. The van der Waals surface area contributed by atoms with Crippen molar-refractivity contribution in [2.45, 2.75) is 56.9 Å². The lowest BCUT2D eigenvalue weighted by atomic mass is 10.0. The summed E-state index contributed by atoms with van der Waals surface area (Å²) >= 11 is 0. The van der Waals surface area contributed by atoms with Gasteiger partial charge in [0, 0.05) is 43.8 Å². The predicted molar refractivity (Wildman–Crippen MR) is 150 cm³/mol. The molecule has 0 saturated carbocycles. The molecule has 0 bridgehead atoms. The number of para-hydroxylation sites is 2. The number of fused-ring (bicyclic) bond motifs is 1. The molecule has 0 aliphatic carbocycles. The van der Waals surface area contributed by atoms with Gasteiger partial charge in [0.25, 0.3) is 0 Å². The van der Waals surface area contributed by atoms with E-state index in [0.29, 0.717) is 56.4 Å². The fraction of sp³-hybridized carbons (Fsp3) is 0.552. The number of alkyl halides is 3. The van der Waals surface area contributed by atoms with E-state index >= 15 is 0 Å². The third-order valence-electron chi connectivity index (χ3n) is 8.24. The summed E-state index contributed by atoms with van der Waals surface area (Å²) in [6, 6.07) is 8.55. The Balaban J connectivity index is 1.45. The van der Waals surface area contributed by atoms with E-state index < -0.39 is 12.6 Å². The number of likely N-dealkylation sites (N-methyl/N-ethyl adjacent to an activating group) is 1. The monoisotopic (exact) mass is 587 g/mol. The normalized spacial score (nSPS) is 22.4. The number of aromatic nitrogens is 2. The molecule has 1 aromatic carbocycles. The summed E-state index contributed by atoms with van der Waals surface area (Å²) in [4.78, 5) is 17.6. The molecule has 13 heteroatoms. The number of nitrogens with zero attached hydrogens (tertiary/aromatic N) is 7. The van der Waals surface area contributed by atoms with Crippen molar-refractivity contribution in [3.05, 3.63) is 48.2 Å². The Morgan fingerprint density at radius 2 is 1.98 bits per heavy atom. The molecule has 1 aromatic heterocycles. The number of hydrogen-bond donors (Lipinski definition) is 1. The molecule has 5 rings (SSSR count). The van der Waals surface area contributed by atoms with E-state index in [9.17, 15) is 23.5 Å². The average Bonchev–Trinajstić information content (AvgIpc) is 3.39. The largest absolute Gasteiger partial charge is 0.573 e. The third-order valence-corrected chi connectivity index (χ3v) is 8.24. The third kappa shape index (κ3) is 6.72. The van der Waals surface area contributed by atoms with Crippen LogP contribution < -0.4 is 19.3 Å². The Bertz CT molecular complexity index is 1300. The first-order chi connectivity index (χ1) is 20.2. The Morgan fingerprint density at radius 3 is 2.69 bits per heavy atom. The highest BCUT2D eigenvalue weighted by Gasteiger charge is 2.36. The maximum Gasteiger partial charge on any atom is 0.573 e. The van der Waals surface area contributed by atoms with Crippen LogP contribution in [0.5, 0.6) is 11.8 Å². The second-order valence-electron chi connectivity index (χ2n) is 10.9. The van der Waals surface area contributed by atoms with Crippen molar-refractivity contribution in [3.63, 3.8) is 0 Å². The van der Waals surface area contributed by atoms with Gasteiger partial charge in [0.05, 0.1) is 30.4 Å². The molecule has 0 amide bonds. The highest BCUT2D eigenvalue weighted by atomic mass is 19.4. The Labute approximate surface area is 243 Å². The Kier molecular flexibility index (Phi) is 9.05. The molecule has 10 nitrogen and oxygen atoms in total. The number of hydrogen-bond acceptors (Lipinski definition) is 10. The Morgan fingerprint density at radius 1 is 1.17 bits per heavy atom. The standard InChI is InChI=1S/C29H36F3N7O3/c1-3-26(40)39-16-15-38(17-20(39)10-12-33)27-22-11-14-37(24-8-4-5-9-25(24)42-29(30,31)32)18-23(22)34-28(35-27)41-19-21-7-6-13-36(21)2/h3-5,8-9,20-21,26,40H,1,6-7,10-11,13-19H2,2H3/t20?,21-,26?/m0/s1. The lowest BCUT2D eigenvalue weighted by Crippen LogP contribution is -2.56. The summed E-state index contributed by atoms with van der Waals surface area (Å²) in [5, 5.41) is 19.9. The first-order valence-electron chi connectivity index (χ1n) is 14.2. The lowest BCUT2D eigenvalue weighted by molar-refractivity contribution is -0.274. The van der Waals surface area contributed by atoms with E-state index in [2.05, 4.69) is 34.2 Å². The van der Waals surface area contributed by atoms with Crippen LogP contribution in [0.4, 0.5) is 24.7 Å². The molecule has 226 valence electrons. The second-order valence-corrected chi connectivity index (χ2v) is 10.9. The number of likely N-dealkylation sites (tertiary alicyclic amines) is 1. The molecule has 2 aromatic rings. The smallest absolute Gasteiger partial charge is 0.462 e. The fourth-order valence-electron chi connectivity index (χ4n) is 6.04. The van der Waals surface area contributed by atoms with Gasteiger partial charge in [0.2, 0.25) is 0 Å². The number of nitriles is 1. The van der Waals surface area contributed by atoms with E-state index in [1.165, 1.54) is 18.2 Å². The quantitative estimate of drug-likeness (QED) is 0.440. The van der Waals surface area contributed by atoms with E-state index in [1.807, 2.05) is 9.80 Å². The van der Waals surface area contributed by atoms with Gasteiger partial charge in [-0.3, -0.25) is 4.90 Å². The van der Waals surface area contributed by atoms with Crippen molar-refractivity contribution in [1.29, 1.82) is 5.26 Å². The molecule has 2 saturated heterocycles. The van der Waals surface area contributed by atoms with E-state index in [-0.39, 0.29) is 36.8 Å². The van der Waals surface area contributed by atoms with Crippen molar-refractivity contribution >= 4 is 11.5 Å². The van der Waals surface area contributed by atoms with Gasteiger partial charge in [-0.25, -0.2) is 0 Å². The van der Waals surface area contributed by atoms with Gasteiger partial charge in [-0.1, -0.05) is 18.7 Å². The van der Waals surface area contributed by atoms with Gasteiger partial charge < -0.3 is 29.3 Å². The zero-order valence-corrected chi connectivity index (χ0v) is 23.6. The number of aliphatic hydroxyl groups is 1. The van der Waals surface area contributed by atoms with Crippen LogP contribution in [-0.4, -0.2) is 95.9 Å². The molecule has 42 heavy (non-hydrogen) atoms. The number of piperazine rings is 1. The summed E-state index contributed by atoms with van der Waals surface area (Å²) in [7, 11) is 2.06. The fourth-order valence-corrected chi connectivity index (χ4v) is 6.04. The van der Waals surface area contributed by atoms with Crippen LogP contribution in [0.1, 0.15) is 30.5 Å². The minimum absolute atomic E-state index is 0.218. The maximum atomic E-state index is 13.1. The van der Waals surface area contributed by atoms with Crippen molar-refractivity contribution in [3.8, 4) is 17.8 Å². The predicted octanol–water partition coefficient (Wildman–Crippen LogP) is 3.32. The number of rotatable bonds is 9. The molecule has 1 N–H and O–H groups in total. The summed E-state index contributed by atoms with van der Waals surface area (Å²) in [5.41, 5.74) is 1.91. The summed E-state index contributed by atoms with van der Waals surface area (Å²) < 4.78 is 49.9. The number of benzene rings is 1. The molecular weight excluding hydrogens is 551 g/mol. The highest BCUT2D eigenvalue weighted by Crippen LogP contribution is 2.37. The highest BCUT2D eigenvalue weighted by molar-refractivity contribution is 5.61. The van der Waals surface area contributed by atoms with Crippen LogP contribution in [0.25, 0.3) is 0 Å². The van der Waals surface area contributed by atoms with E-state index in [0.717, 1.165) is 24.9 Å². The van der Waals surface area contributed by atoms with Gasteiger partial charge >= 0.3 is 12.4 Å². The van der Waals surface area contributed by atoms with Gasteiger partial charge in [-0.05, 0) is 51.1 Å². The first kappa shape index (κ1) is 29.9. The van der Waals surface area contributed by atoms with Gasteiger partial charge in [0.1, 0.15) is 18.7 Å². The molecule has 3 aliphatic rings. The van der Waals surface area contributed by atoms with E-state index in [1.54, 1.807) is 12.1 Å². The van der Waals surface area contributed by atoms with Crippen LogP contribution in [0.15, 0.2) is 36.9 Å². The van der Waals surface area contributed by atoms with Crippen molar-refractivity contribution in [2.24, 2.45) is 0 Å². The molecule has 3 atom stereocenters. The summed E-state index contributed by atoms with van der Waals surface area (Å²) in [6.07, 6.45) is -1.40. The number of ether oxygens (including phenoxy) is 2. The molecular formula is C29H36F3N7O3. The minimum atomic E-state index is -4.81. The molecule has 0 spiro atoms. The number of halogens is 3. The molecule has 2 unspecified atom stereocenters. The zero-order valence-electron chi connectivity index (χ0n) is 23.6. The molecule has 3 aliphatic heterocycles. The summed E-state index contributed by atoms with van der Waals surface area (Å²) in [6.45, 7) is 7.30. The zero-order chi connectivity index (χ0) is 29.9. The van der Waals surface area contributed by atoms with Gasteiger partial charge in [-0.15, -0.1) is 13.2 Å². The SMILES string of the molecule is C=CC(O)N1CCN(c2nc(OC[C@@H]3CCCN3C)nc3c2CCN(c2ccccc2OC(F)(F)F)C3)CC1CC#N. The van der Waals surface area contributed by atoms with Crippen LogP contribution in [-0.2, 0) is 13.0 Å².